The Labute approximate surface area is 166 Å². The molecule has 0 saturated carbocycles. The zero-order chi connectivity index (χ0) is 20.3. The van der Waals surface area contributed by atoms with Gasteiger partial charge in [-0.25, -0.2) is 13.2 Å². The molecule has 0 aromatic heterocycles. The number of amides is 1. The molecule has 0 aliphatic carbocycles. The van der Waals surface area contributed by atoms with Crippen molar-refractivity contribution in [2.45, 2.75) is 38.0 Å². The van der Waals surface area contributed by atoms with Gasteiger partial charge in [0.15, 0.2) is 6.61 Å². The average molecular weight is 409 g/mol. The number of likely N-dealkylation sites (tertiary alicyclic amines) is 1. The number of rotatable bonds is 5. The van der Waals surface area contributed by atoms with Gasteiger partial charge in [-0.2, -0.15) is 4.31 Å². The Kier molecular flexibility index (Phi) is 6.40. The van der Waals surface area contributed by atoms with Crippen LogP contribution in [0.2, 0.25) is 0 Å². The number of carbonyl (C=O) groups is 2. The molecule has 1 amide bonds. The summed E-state index contributed by atoms with van der Waals surface area (Å²) in [7, 11) is -3.61. The Balaban J connectivity index is 1.62. The van der Waals surface area contributed by atoms with E-state index >= 15 is 0 Å². The number of hydrogen-bond donors (Lipinski definition) is 0. The minimum Gasteiger partial charge on any atom is -0.452 e. The lowest BCUT2D eigenvalue weighted by Gasteiger charge is -2.34. The maximum atomic E-state index is 12.7. The fourth-order valence-corrected chi connectivity index (χ4v) is 5.59. The van der Waals surface area contributed by atoms with Crippen molar-refractivity contribution in [3.8, 4) is 0 Å². The molecule has 0 bridgehead atoms. The monoisotopic (exact) mass is 408 g/mol. The highest BCUT2D eigenvalue weighted by molar-refractivity contribution is 7.89. The molecule has 7 nitrogen and oxygen atoms in total. The third-order valence-electron chi connectivity index (χ3n) is 5.32. The van der Waals surface area contributed by atoms with E-state index in [0.29, 0.717) is 38.0 Å². The normalized spacial score (nSPS) is 23.6. The minimum atomic E-state index is -3.61. The zero-order valence-electron chi connectivity index (χ0n) is 16.5. The maximum Gasteiger partial charge on any atom is 0.338 e. The summed E-state index contributed by atoms with van der Waals surface area (Å²) >= 11 is 0. The van der Waals surface area contributed by atoms with E-state index < -0.39 is 16.0 Å². The summed E-state index contributed by atoms with van der Waals surface area (Å²) in [4.78, 5) is 26.5. The van der Waals surface area contributed by atoms with Crippen molar-refractivity contribution in [2.24, 2.45) is 11.8 Å². The largest absolute Gasteiger partial charge is 0.452 e. The van der Waals surface area contributed by atoms with Crippen molar-refractivity contribution in [3.63, 3.8) is 0 Å². The second-order valence-corrected chi connectivity index (χ2v) is 9.90. The van der Waals surface area contributed by atoms with Crippen LogP contribution in [0, 0.1) is 11.8 Å². The van der Waals surface area contributed by atoms with Gasteiger partial charge in [-0.3, -0.25) is 4.79 Å². The van der Waals surface area contributed by atoms with Crippen LogP contribution in [0.25, 0.3) is 0 Å². The van der Waals surface area contributed by atoms with Gasteiger partial charge in [-0.1, -0.05) is 19.9 Å². The average Bonchev–Trinajstić information content (AvgIpc) is 3.21. The Morgan fingerprint density at radius 1 is 1.11 bits per heavy atom. The first-order chi connectivity index (χ1) is 13.3. The molecule has 2 fully saturated rings. The molecule has 0 N–H and O–H groups in total. The van der Waals surface area contributed by atoms with Crippen molar-refractivity contribution in [3.05, 3.63) is 29.8 Å². The minimum absolute atomic E-state index is 0.0776. The summed E-state index contributed by atoms with van der Waals surface area (Å²) in [6.07, 6.45) is 2.77. The molecule has 0 unspecified atom stereocenters. The number of benzene rings is 1. The molecular weight excluding hydrogens is 380 g/mol. The predicted octanol–water partition coefficient (Wildman–Crippen LogP) is 2.13. The van der Waals surface area contributed by atoms with Crippen molar-refractivity contribution in [1.82, 2.24) is 9.21 Å². The molecule has 154 valence electrons. The number of carbonyl (C=O) groups excluding carboxylic acids is 2. The lowest BCUT2D eigenvalue weighted by Crippen LogP contribution is -2.44. The van der Waals surface area contributed by atoms with Crippen LogP contribution in [0.15, 0.2) is 29.2 Å². The standard InChI is InChI=1S/C20H28N2O5S/c1-15-10-16(2)13-21(12-15)19(23)14-27-20(24)17-6-5-7-18(11-17)28(25,26)22-8-3-4-9-22/h5-7,11,15-16H,3-4,8-10,12-14H2,1-2H3/t15-,16+. The van der Waals surface area contributed by atoms with Crippen molar-refractivity contribution in [2.75, 3.05) is 32.8 Å². The number of hydrogen-bond acceptors (Lipinski definition) is 5. The number of esters is 1. The summed E-state index contributed by atoms with van der Waals surface area (Å²) in [5.41, 5.74) is 0.133. The van der Waals surface area contributed by atoms with E-state index in [1.807, 2.05) is 0 Å². The molecule has 28 heavy (non-hydrogen) atoms. The van der Waals surface area contributed by atoms with Gasteiger partial charge in [-0.05, 0) is 49.3 Å². The predicted molar refractivity (Wildman–Crippen MR) is 104 cm³/mol. The Bertz CT molecular complexity index is 823. The van der Waals surface area contributed by atoms with E-state index in [0.717, 1.165) is 19.3 Å². The third kappa shape index (κ3) is 4.72. The number of piperidine rings is 1. The first-order valence-corrected chi connectivity index (χ1v) is 11.3. The molecule has 1 aromatic carbocycles. The van der Waals surface area contributed by atoms with Crippen LogP contribution in [0.1, 0.15) is 43.5 Å². The zero-order valence-corrected chi connectivity index (χ0v) is 17.3. The highest BCUT2D eigenvalue weighted by Gasteiger charge is 2.28. The Morgan fingerprint density at radius 3 is 2.39 bits per heavy atom. The van der Waals surface area contributed by atoms with Gasteiger partial charge in [0, 0.05) is 26.2 Å². The lowest BCUT2D eigenvalue weighted by molar-refractivity contribution is -0.137. The first kappa shape index (κ1) is 20.8. The van der Waals surface area contributed by atoms with E-state index in [-0.39, 0.29) is 23.0 Å². The smallest absolute Gasteiger partial charge is 0.338 e. The summed E-state index contributed by atoms with van der Waals surface area (Å²) < 4.78 is 31.9. The molecule has 8 heteroatoms. The fraction of sp³-hybridized carbons (Fsp3) is 0.600. The van der Waals surface area contributed by atoms with Gasteiger partial charge in [0.05, 0.1) is 10.5 Å². The Hall–Kier alpha value is -1.93. The van der Waals surface area contributed by atoms with Crippen LogP contribution in [0.4, 0.5) is 0 Å². The second kappa shape index (κ2) is 8.61. The van der Waals surface area contributed by atoms with Gasteiger partial charge in [-0.15, -0.1) is 0 Å². The number of nitrogens with zero attached hydrogens (tertiary/aromatic N) is 2. The van der Waals surface area contributed by atoms with Crippen molar-refractivity contribution >= 4 is 21.9 Å². The van der Waals surface area contributed by atoms with Crippen LogP contribution in [-0.2, 0) is 19.6 Å². The maximum absolute atomic E-state index is 12.7. The molecule has 2 aliphatic heterocycles. The molecule has 1 aromatic rings. The number of ether oxygens (including phenoxy) is 1. The summed E-state index contributed by atoms with van der Waals surface area (Å²) in [5, 5.41) is 0. The van der Waals surface area contributed by atoms with Crippen molar-refractivity contribution < 1.29 is 22.7 Å². The van der Waals surface area contributed by atoms with Gasteiger partial charge in [0.25, 0.3) is 5.91 Å². The highest BCUT2D eigenvalue weighted by atomic mass is 32.2. The van der Waals surface area contributed by atoms with E-state index in [9.17, 15) is 18.0 Å². The second-order valence-electron chi connectivity index (χ2n) is 7.96. The molecule has 2 atom stereocenters. The fourth-order valence-electron chi connectivity index (χ4n) is 4.03. The summed E-state index contributed by atoms with van der Waals surface area (Å²) in [6.45, 7) is 6.22. The topological polar surface area (TPSA) is 84.0 Å². The molecular formula is C20H28N2O5S. The van der Waals surface area contributed by atoms with Gasteiger partial charge < -0.3 is 9.64 Å². The molecule has 2 aliphatic rings. The van der Waals surface area contributed by atoms with E-state index in [1.54, 1.807) is 4.90 Å². The van der Waals surface area contributed by atoms with Crippen LogP contribution in [0.3, 0.4) is 0 Å². The van der Waals surface area contributed by atoms with Gasteiger partial charge >= 0.3 is 5.97 Å². The van der Waals surface area contributed by atoms with Crippen LogP contribution in [-0.4, -0.2) is 62.3 Å². The summed E-state index contributed by atoms with van der Waals surface area (Å²) in [6, 6.07) is 5.83. The molecule has 0 spiro atoms. The van der Waals surface area contributed by atoms with E-state index in [2.05, 4.69) is 13.8 Å². The Morgan fingerprint density at radius 2 is 1.75 bits per heavy atom. The van der Waals surface area contributed by atoms with E-state index in [4.69, 9.17) is 4.74 Å². The SMILES string of the molecule is C[C@@H]1C[C@H](C)CN(C(=O)COC(=O)c2cccc(S(=O)(=O)N3CCCC3)c2)C1. The quantitative estimate of drug-likeness (QED) is 0.697. The molecule has 2 heterocycles. The molecule has 0 radical (unpaired) electrons. The van der Waals surface area contributed by atoms with Crippen LogP contribution < -0.4 is 0 Å². The van der Waals surface area contributed by atoms with Crippen LogP contribution >= 0.6 is 0 Å². The highest BCUT2D eigenvalue weighted by Crippen LogP contribution is 2.23. The van der Waals surface area contributed by atoms with E-state index in [1.165, 1.54) is 28.6 Å². The van der Waals surface area contributed by atoms with Crippen molar-refractivity contribution in [1.29, 1.82) is 0 Å². The molecule has 3 rings (SSSR count). The lowest BCUT2D eigenvalue weighted by atomic mass is 9.92. The first-order valence-electron chi connectivity index (χ1n) is 9.82. The van der Waals surface area contributed by atoms with Gasteiger partial charge in [0.1, 0.15) is 0 Å². The number of sulfonamides is 1. The van der Waals surface area contributed by atoms with Gasteiger partial charge in [0.2, 0.25) is 10.0 Å². The molecule has 2 saturated heterocycles. The third-order valence-corrected chi connectivity index (χ3v) is 7.22. The van der Waals surface area contributed by atoms with Crippen LogP contribution in [0.5, 0.6) is 0 Å². The summed E-state index contributed by atoms with van der Waals surface area (Å²) in [5.74, 6) is -0.0516.